The summed E-state index contributed by atoms with van der Waals surface area (Å²) in [5, 5.41) is 0. The lowest BCUT2D eigenvalue weighted by Gasteiger charge is -2.49. The molecule has 9 aromatic carbocycles. The Morgan fingerprint density at radius 1 is 0.391 bits per heavy atom. The standard InChI is InChI=1S/C62H46BrN/c1-61(40-38-54(39-41-61)64(52-32-26-48(27-33-52)44-16-6-2-7-17-44)53-34-28-49(29-35-53)45-18-8-3-9-19-45)62(57-24-14-15-25-60(57)63)58-42-50(46-20-10-4-11-21-46)30-36-55(58)56-37-31-51(43-59(56)62)47-22-12-5-13-23-47/h2-40,42-43H,41H2,1H3. The van der Waals surface area contributed by atoms with Gasteiger partial charge < -0.3 is 4.90 Å². The summed E-state index contributed by atoms with van der Waals surface area (Å²) < 4.78 is 1.10. The Kier molecular flexibility index (Phi) is 10.2. The summed E-state index contributed by atoms with van der Waals surface area (Å²) in [4.78, 5) is 2.42. The molecule has 0 heterocycles. The summed E-state index contributed by atoms with van der Waals surface area (Å²) in [7, 11) is 0. The van der Waals surface area contributed by atoms with Crippen LogP contribution in [0.2, 0.25) is 0 Å². The average Bonchev–Trinajstić information content (AvgIpc) is 3.66. The molecule has 0 aromatic heterocycles. The second-order valence-electron chi connectivity index (χ2n) is 17.2. The number of anilines is 2. The molecule has 2 aliphatic rings. The summed E-state index contributed by atoms with van der Waals surface area (Å²) in [5.74, 6) is 0. The molecule has 9 aromatic rings. The van der Waals surface area contributed by atoms with Gasteiger partial charge in [0.1, 0.15) is 0 Å². The first-order chi connectivity index (χ1) is 31.5. The van der Waals surface area contributed by atoms with Gasteiger partial charge in [-0.25, -0.2) is 0 Å². The predicted octanol–water partition coefficient (Wildman–Crippen LogP) is 17.1. The van der Waals surface area contributed by atoms with E-state index in [9.17, 15) is 0 Å². The minimum Gasteiger partial charge on any atom is -0.311 e. The maximum Gasteiger partial charge on any atom is 0.0565 e. The third-order valence-electron chi connectivity index (χ3n) is 13.6. The molecule has 2 aliphatic carbocycles. The number of nitrogens with zero attached hydrogens (tertiary/aromatic N) is 1. The van der Waals surface area contributed by atoms with Gasteiger partial charge in [0.05, 0.1) is 5.41 Å². The molecule has 0 radical (unpaired) electrons. The van der Waals surface area contributed by atoms with Crippen LogP contribution >= 0.6 is 15.9 Å². The van der Waals surface area contributed by atoms with Gasteiger partial charge in [-0.05, 0) is 127 Å². The molecule has 64 heavy (non-hydrogen) atoms. The fourth-order valence-corrected chi connectivity index (χ4v) is 11.0. The lowest BCUT2D eigenvalue weighted by Crippen LogP contribution is -2.44. The van der Waals surface area contributed by atoms with Gasteiger partial charge in [0.2, 0.25) is 0 Å². The zero-order valence-electron chi connectivity index (χ0n) is 35.7. The first-order valence-electron chi connectivity index (χ1n) is 22.2. The van der Waals surface area contributed by atoms with Crippen molar-refractivity contribution in [3.8, 4) is 55.6 Å². The van der Waals surface area contributed by atoms with Gasteiger partial charge in [-0.3, -0.25) is 0 Å². The lowest BCUT2D eigenvalue weighted by atomic mass is 9.53. The number of hydrogen-bond donors (Lipinski definition) is 0. The third-order valence-corrected chi connectivity index (χ3v) is 14.3. The van der Waals surface area contributed by atoms with E-state index in [1.807, 2.05) is 0 Å². The summed E-state index contributed by atoms with van der Waals surface area (Å²) in [6.45, 7) is 2.48. The fourth-order valence-electron chi connectivity index (χ4n) is 10.4. The molecule has 1 nitrogen and oxygen atoms in total. The Balaban J connectivity index is 1.09. The molecule has 0 saturated carbocycles. The van der Waals surface area contributed by atoms with E-state index in [0.717, 1.165) is 28.0 Å². The number of benzene rings is 9. The fraction of sp³-hybridized carbons (Fsp3) is 0.0645. The van der Waals surface area contributed by atoms with Crippen LogP contribution in [0.4, 0.5) is 11.4 Å². The molecule has 11 rings (SSSR count). The Labute approximate surface area is 385 Å². The molecular formula is C62H46BrN. The highest BCUT2D eigenvalue weighted by molar-refractivity contribution is 9.10. The van der Waals surface area contributed by atoms with E-state index in [1.54, 1.807) is 0 Å². The maximum atomic E-state index is 4.16. The average molecular weight is 885 g/mol. The summed E-state index contributed by atoms with van der Waals surface area (Å²) in [6, 6.07) is 84.2. The van der Waals surface area contributed by atoms with Crippen LogP contribution in [-0.2, 0) is 5.41 Å². The Hall–Kier alpha value is -7.26. The smallest absolute Gasteiger partial charge is 0.0565 e. The van der Waals surface area contributed by atoms with Crippen molar-refractivity contribution in [2.24, 2.45) is 5.41 Å². The molecule has 0 saturated heterocycles. The molecule has 1 unspecified atom stereocenters. The van der Waals surface area contributed by atoms with Gasteiger partial charge in [-0.15, -0.1) is 0 Å². The van der Waals surface area contributed by atoms with Crippen LogP contribution in [0.25, 0.3) is 55.6 Å². The number of rotatable bonds is 9. The summed E-state index contributed by atoms with van der Waals surface area (Å²) in [6.07, 6.45) is 8.19. The number of fused-ring (bicyclic) bond motifs is 3. The van der Waals surface area contributed by atoms with Crippen molar-refractivity contribution in [2.75, 3.05) is 4.90 Å². The highest BCUT2D eigenvalue weighted by atomic mass is 79.9. The minimum atomic E-state index is -0.564. The summed E-state index contributed by atoms with van der Waals surface area (Å²) >= 11 is 4.16. The van der Waals surface area contributed by atoms with E-state index in [0.29, 0.717) is 0 Å². The van der Waals surface area contributed by atoms with Gasteiger partial charge in [-0.1, -0.05) is 223 Å². The minimum absolute atomic E-state index is 0.398. The van der Waals surface area contributed by atoms with E-state index in [2.05, 4.69) is 277 Å². The molecule has 1 atom stereocenters. The topological polar surface area (TPSA) is 3.24 Å². The van der Waals surface area contributed by atoms with Crippen LogP contribution in [0.5, 0.6) is 0 Å². The molecule has 0 N–H and O–H groups in total. The van der Waals surface area contributed by atoms with Crippen molar-refractivity contribution in [1.82, 2.24) is 0 Å². The van der Waals surface area contributed by atoms with Gasteiger partial charge >= 0.3 is 0 Å². The number of halogens is 1. The SMILES string of the molecule is CC1(C2(c3ccccc3Br)c3cc(-c4ccccc4)ccc3-c3ccc(-c4ccccc4)cc32)C=CC(N(c2ccc(-c3ccccc3)cc2)c2ccc(-c3ccccc3)cc2)=CC1. The molecular weight excluding hydrogens is 839 g/mol. The van der Waals surface area contributed by atoms with Crippen LogP contribution in [0.15, 0.2) is 259 Å². The highest BCUT2D eigenvalue weighted by Gasteiger charge is 2.56. The van der Waals surface area contributed by atoms with E-state index >= 15 is 0 Å². The van der Waals surface area contributed by atoms with Crippen molar-refractivity contribution < 1.29 is 0 Å². The van der Waals surface area contributed by atoms with Crippen molar-refractivity contribution in [1.29, 1.82) is 0 Å². The van der Waals surface area contributed by atoms with E-state index in [1.165, 1.54) is 72.3 Å². The Morgan fingerprint density at radius 3 is 1.17 bits per heavy atom. The van der Waals surface area contributed by atoms with Gasteiger partial charge in [-0.2, -0.15) is 0 Å². The molecule has 0 fully saturated rings. The highest BCUT2D eigenvalue weighted by Crippen LogP contribution is 2.65. The molecule has 0 amide bonds. The quantitative estimate of drug-likeness (QED) is 0.140. The molecule has 306 valence electrons. The van der Waals surface area contributed by atoms with Gasteiger partial charge in [0.15, 0.2) is 0 Å². The van der Waals surface area contributed by atoms with Gasteiger partial charge in [0.25, 0.3) is 0 Å². The normalized spacial score (nSPS) is 15.8. The van der Waals surface area contributed by atoms with Crippen molar-refractivity contribution in [2.45, 2.75) is 18.8 Å². The largest absolute Gasteiger partial charge is 0.311 e. The van der Waals surface area contributed by atoms with Crippen LogP contribution in [-0.4, -0.2) is 0 Å². The zero-order chi connectivity index (χ0) is 43.1. The number of allylic oxidation sites excluding steroid dienone is 3. The second kappa shape index (κ2) is 16.5. The van der Waals surface area contributed by atoms with Crippen LogP contribution in [0, 0.1) is 5.41 Å². The Morgan fingerprint density at radius 2 is 0.766 bits per heavy atom. The summed E-state index contributed by atoms with van der Waals surface area (Å²) in [5.41, 5.74) is 18.6. The number of hydrogen-bond acceptors (Lipinski definition) is 1. The van der Waals surface area contributed by atoms with Crippen molar-refractivity contribution in [3.05, 3.63) is 276 Å². The molecule has 2 heteroatoms. The van der Waals surface area contributed by atoms with Crippen molar-refractivity contribution >= 4 is 27.3 Å². The monoisotopic (exact) mass is 883 g/mol. The molecule has 0 aliphatic heterocycles. The van der Waals surface area contributed by atoms with Crippen molar-refractivity contribution in [3.63, 3.8) is 0 Å². The third kappa shape index (κ3) is 6.78. The van der Waals surface area contributed by atoms with Gasteiger partial charge in [0, 0.05) is 27.0 Å². The van der Waals surface area contributed by atoms with Crippen LogP contribution in [0.3, 0.4) is 0 Å². The Bertz CT molecular complexity index is 3000. The molecule has 0 bridgehead atoms. The van der Waals surface area contributed by atoms with E-state index < -0.39 is 10.8 Å². The second-order valence-corrected chi connectivity index (χ2v) is 18.1. The van der Waals surface area contributed by atoms with E-state index in [-0.39, 0.29) is 0 Å². The zero-order valence-corrected chi connectivity index (χ0v) is 37.3. The molecule has 0 spiro atoms. The van der Waals surface area contributed by atoms with Crippen LogP contribution < -0.4 is 4.90 Å². The first kappa shape index (κ1) is 39.6. The van der Waals surface area contributed by atoms with E-state index in [4.69, 9.17) is 0 Å². The van der Waals surface area contributed by atoms with Crippen LogP contribution in [0.1, 0.15) is 30.0 Å². The lowest BCUT2D eigenvalue weighted by molar-refractivity contribution is 0.291. The first-order valence-corrected chi connectivity index (χ1v) is 23.0. The maximum absolute atomic E-state index is 4.16. The predicted molar refractivity (Wildman–Crippen MR) is 273 cm³/mol.